The lowest BCUT2D eigenvalue weighted by Gasteiger charge is -2.35. The molecule has 1 saturated carbocycles. The Kier molecular flexibility index (Phi) is 2.52. The number of aromatic nitrogens is 2. The van der Waals surface area contributed by atoms with Gasteiger partial charge in [-0.1, -0.05) is 13.8 Å². The van der Waals surface area contributed by atoms with Gasteiger partial charge in [-0.3, -0.25) is 4.68 Å². The van der Waals surface area contributed by atoms with Gasteiger partial charge in [-0.05, 0) is 31.2 Å². The molecule has 0 radical (unpaired) electrons. The number of hydrogen-bond acceptors (Lipinski definition) is 2. The summed E-state index contributed by atoms with van der Waals surface area (Å²) in [6.45, 7) is 5.25. The Morgan fingerprint density at radius 1 is 1.60 bits per heavy atom. The topological polar surface area (TPSA) is 41.6 Å². The molecule has 0 aromatic carbocycles. The summed E-state index contributed by atoms with van der Waals surface area (Å²) in [7, 11) is 0. The third-order valence-electron chi connectivity index (χ3n) is 3.17. The molecule has 3 nitrogen and oxygen atoms in total. The van der Waals surface area contributed by atoms with E-state index in [1.54, 1.807) is 0 Å². The zero-order valence-electron chi connectivity index (χ0n) is 9.40. The second kappa shape index (κ2) is 3.69. The Hall–Kier alpha value is -1.30. The van der Waals surface area contributed by atoms with Crippen molar-refractivity contribution in [3.63, 3.8) is 0 Å². The molecule has 0 amide bonds. The summed E-state index contributed by atoms with van der Waals surface area (Å²) >= 11 is 0. The highest BCUT2D eigenvalue weighted by atomic mass is 15.3. The Morgan fingerprint density at radius 2 is 2.33 bits per heavy atom. The Bertz CT molecular complexity index is 380. The number of nitrogens with zero attached hydrogens (tertiary/aromatic N) is 3. The second-order valence-corrected chi connectivity index (χ2v) is 4.84. The predicted octanol–water partition coefficient (Wildman–Crippen LogP) is 2.48. The smallest absolute Gasteiger partial charge is 0.0990 e. The molecule has 1 heterocycles. The van der Waals surface area contributed by atoms with Crippen molar-refractivity contribution in [3.8, 4) is 6.07 Å². The van der Waals surface area contributed by atoms with Gasteiger partial charge in [0.25, 0.3) is 0 Å². The van der Waals surface area contributed by atoms with Gasteiger partial charge >= 0.3 is 0 Å². The Labute approximate surface area is 90.7 Å². The minimum absolute atomic E-state index is 0.231. The van der Waals surface area contributed by atoms with E-state index in [2.05, 4.69) is 25.0 Å². The van der Waals surface area contributed by atoms with Crippen molar-refractivity contribution in [2.75, 3.05) is 0 Å². The van der Waals surface area contributed by atoms with Crippen LogP contribution in [-0.4, -0.2) is 9.78 Å². The average Bonchev–Trinajstić information content (AvgIpc) is 2.52. The fourth-order valence-corrected chi connectivity index (χ4v) is 2.19. The molecule has 1 aliphatic rings. The van der Waals surface area contributed by atoms with E-state index in [0.717, 1.165) is 25.1 Å². The van der Waals surface area contributed by atoms with Gasteiger partial charge in [-0.15, -0.1) is 0 Å². The standard InChI is InChI=1S/C12H17N3/c1-10(2)8-15-11(4-7-14-15)12(9-13)5-3-6-12/h4,7,10H,3,5-6,8H2,1-2H3. The van der Waals surface area contributed by atoms with E-state index in [-0.39, 0.29) is 5.41 Å². The molecule has 0 spiro atoms. The first-order valence-electron chi connectivity index (χ1n) is 5.61. The molecule has 80 valence electrons. The third kappa shape index (κ3) is 1.65. The monoisotopic (exact) mass is 203 g/mol. The molecule has 0 atom stereocenters. The van der Waals surface area contributed by atoms with E-state index in [1.807, 2.05) is 16.9 Å². The fraction of sp³-hybridized carbons (Fsp3) is 0.667. The molecule has 1 aliphatic carbocycles. The van der Waals surface area contributed by atoms with Gasteiger partial charge in [0.05, 0.1) is 17.2 Å². The summed E-state index contributed by atoms with van der Waals surface area (Å²) in [5.74, 6) is 0.569. The molecular weight excluding hydrogens is 186 g/mol. The van der Waals surface area contributed by atoms with E-state index in [4.69, 9.17) is 0 Å². The normalized spacial score (nSPS) is 18.5. The second-order valence-electron chi connectivity index (χ2n) is 4.84. The van der Waals surface area contributed by atoms with Crippen LogP contribution >= 0.6 is 0 Å². The van der Waals surface area contributed by atoms with Crippen LogP contribution < -0.4 is 0 Å². The molecule has 0 aliphatic heterocycles. The molecule has 0 unspecified atom stereocenters. The minimum Gasteiger partial charge on any atom is -0.268 e. The highest BCUT2D eigenvalue weighted by Gasteiger charge is 2.41. The van der Waals surface area contributed by atoms with Gasteiger partial charge in [0, 0.05) is 12.7 Å². The van der Waals surface area contributed by atoms with Crippen molar-refractivity contribution in [1.82, 2.24) is 9.78 Å². The quantitative estimate of drug-likeness (QED) is 0.757. The first kappa shape index (κ1) is 10.2. The molecule has 15 heavy (non-hydrogen) atoms. The van der Waals surface area contributed by atoms with Crippen LogP contribution in [-0.2, 0) is 12.0 Å². The highest BCUT2D eigenvalue weighted by molar-refractivity contribution is 5.29. The maximum atomic E-state index is 9.28. The van der Waals surface area contributed by atoms with Crippen molar-refractivity contribution in [2.45, 2.75) is 45.1 Å². The van der Waals surface area contributed by atoms with Crippen molar-refractivity contribution < 1.29 is 0 Å². The lowest BCUT2D eigenvalue weighted by atomic mass is 9.67. The summed E-state index contributed by atoms with van der Waals surface area (Å²) in [6, 6.07) is 4.47. The van der Waals surface area contributed by atoms with E-state index in [9.17, 15) is 5.26 Å². The van der Waals surface area contributed by atoms with Crippen molar-refractivity contribution in [2.24, 2.45) is 5.92 Å². The van der Waals surface area contributed by atoms with Gasteiger partial charge in [0.1, 0.15) is 0 Å². The highest BCUT2D eigenvalue weighted by Crippen LogP contribution is 2.42. The van der Waals surface area contributed by atoms with Crippen LogP contribution in [0.1, 0.15) is 38.8 Å². The van der Waals surface area contributed by atoms with Crippen LogP contribution in [0.5, 0.6) is 0 Å². The van der Waals surface area contributed by atoms with Crippen LogP contribution in [0.4, 0.5) is 0 Å². The average molecular weight is 203 g/mol. The number of rotatable bonds is 3. The van der Waals surface area contributed by atoms with Gasteiger partial charge in [-0.25, -0.2) is 0 Å². The molecule has 3 heteroatoms. The predicted molar refractivity (Wildman–Crippen MR) is 58.2 cm³/mol. The zero-order valence-corrected chi connectivity index (χ0v) is 9.40. The van der Waals surface area contributed by atoms with Crippen molar-refractivity contribution >= 4 is 0 Å². The van der Waals surface area contributed by atoms with Crippen molar-refractivity contribution in [1.29, 1.82) is 5.26 Å². The maximum Gasteiger partial charge on any atom is 0.0990 e. The summed E-state index contributed by atoms with van der Waals surface area (Å²) in [6.07, 6.45) is 4.97. The summed E-state index contributed by atoms with van der Waals surface area (Å²) in [5, 5.41) is 13.6. The van der Waals surface area contributed by atoms with Crippen molar-refractivity contribution in [3.05, 3.63) is 18.0 Å². The van der Waals surface area contributed by atoms with E-state index < -0.39 is 0 Å². The molecule has 1 aromatic heterocycles. The Morgan fingerprint density at radius 3 is 2.80 bits per heavy atom. The number of hydrogen-bond donors (Lipinski definition) is 0. The third-order valence-corrected chi connectivity index (χ3v) is 3.17. The van der Waals surface area contributed by atoms with Gasteiger partial charge in [0.2, 0.25) is 0 Å². The lowest BCUT2D eigenvalue weighted by molar-refractivity contribution is 0.294. The first-order chi connectivity index (χ1) is 7.18. The molecule has 0 N–H and O–H groups in total. The molecule has 1 aromatic rings. The summed E-state index contributed by atoms with van der Waals surface area (Å²) in [4.78, 5) is 0. The largest absolute Gasteiger partial charge is 0.268 e. The van der Waals surface area contributed by atoms with E-state index in [0.29, 0.717) is 5.92 Å². The summed E-state index contributed by atoms with van der Waals surface area (Å²) in [5.41, 5.74) is 0.885. The van der Waals surface area contributed by atoms with Gasteiger partial charge < -0.3 is 0 Å². The van der Waals surface area contributed by atoms with Crippen LogP contribution in [0.2, 0.25) is 0 Å². The molecular formula is C12H17N3. The van der Waals surface area contributed by atoms with Crippen LogP contribution in [0, 0.1) is 17.2 Å². The molecule has 1 fully saturated rings. The SMILES string of the molecule is CC(C)Cn1nccc1C1(C#N)CCC1. The lowest BCUT2D eigenvalue weighted by Crippen LogP contribution is -2.35. The minimum atomic E-state index is -0.231. The van der Waals surface area contributed by atoms with Crippen LogP contribution in [0.25, 0.3) is 0 Å². The maximum absolute atomic E-state index is 9.28. The first-order valence-corrected chi connectivity index (χ1v) is 5.61. The van der Waals surface area contributed by atoms with Gasteiger partial charge in [-0.2, -0.15) is 10.4 Å². The molecule has 0 saturated heterocycles. The fourth-order valence-electron chi connectivity index (χ4n) is 2.19. The van der Waals surface area contributed by atoms with E-state index >= 15 is 0 Å². The Balaban J connectivity index is 2.28. The van der Waals surface area contributed by atoms with E-state index in [1.165, 1.54) is 6.42 Å². The number of nitriles is 1. The van der Waals surface area contributed by atoms with Gasteiger partial charge in [0.15, 0.2) is 0 Å². The molecule has 0 bridgehead atoms. The summed E-state index contributed by atoms with van der Waals surface area (Å²) < 4.78 is 2.01. The molecule has 2 rings (SSSR count). The zero-order chi connectivity index (χ0) is 10.9. The van der Waals surface area contributed by atoms with Crippen LogP contribution in [0.3, 0.4) is 0 Å². The van der Waals surface area contributed by atoms with Crippen LogP contribution in [0.15, 0.2) is 12.3 Å².